The van der Waals surface area contributed by atoms with E-state index < -0.39 is 0 Å². The molecular formula is C23H25N5O. The lowest BCUT2D eigenvalue weighted by atomic mass is 10.00. The third kappa shape index (κ3) is 3.58. The molecule has 0 atom stereocenters. The molecule has 0 unspecified atom stereocenters. The number of anilines is 1. The number of fused-ring (bicyclic) bond motifs is 2. The summed E-state index contributed by atoms with van der Waals surface area (Å²) in [5, 5.41) is 9.52. The second kappa shape index (κ2) is 7.62. The Balaban J connectivity index is 1.54. The molecule has 0 spiro atoms. The molecule has 29 heavy (non-hydrogen) atoms. The van der Waals surface area contributed by atoms with Crippen LogP contribution in [0, 0.1) is 13.8 Å². The van der Waals surface area contributed by atoms with Crippen LogP contribution >= 0.6 is 0 Å². The van der Waals surface area contributed by atoms with Crippen molar-refractivity contribution in [2.45, 2.75) is 46.6 Å². The molecule has 1 aromatic carbocycles. The first kappa shape index (κ1) is 19.1. The molecule has 0 aliphatic carbocycles. The number of hydrogen-bond acceptors (Lipinski definition) is 4. The average molecular weight is 387 g/mol. The SMILES string of the molecule is Cc1nc2c(cnn2C(C)C)c(C)c1CCC(=O)Nc1cccc2ncccc12. The van der Waals surface area contributed by atoms with Crippen molar-refractivity contribution < 1.29 is 4.79 Å². The van der Waals surface area contributed by atoms with Gasteiger partial charge < -0.3 is 5.32 Å². The number of pyridine rings is 2. The highest BCUT2D eigenvalue weighted by atomic mass is 16.1. The average Bonchev–Trinajstić information content (AvgIpc) is 3.12. The Kier molecular flexibility index (Phi) is 5.01. The number of aryl methyl sites for hydroxylation is 2. The summed E-state index contributed by atoms with van der Waals surface area (Å²) in [4.78, 5) is 21.8. The van der Waals surface area contributed by atoms with Gasteiger partial charge in [-0.15, -0.1) is 0 Å². The highest BCUT2D eigenvalue weighted by Crippen LogP contribution is 2.26. The van der Waals surface area contributed by atoms with Crippen molar-refractivity contribution in [1.82, 2.24) is 19.7 Å². The normalized spacial score (nSPS) is 11.5. The van der Waals surface area contributed by atoms with Gasteiger partial charge in [-0.3, -0.25) is 9.78 Å². The third-order valence-corrected chi connectivity index (χ3v) is 5.35. The monoisotopic (exact) mass is 387 g/mol. The number of carbonyl (C=O) groups is 1. The molecule has 0 saturated heterocycles. The Morgan fingerprint density at radius 3 is 2.76 bits per heavy atom. The van der Waals surface area contributed by atoms with Gasteiger partial charge in [-0.05, 0) is 69.5 Å². The van der Waals surface area contributed by atoms with Crippen LogP contribution in [0.1, 0.15) is 43.1 Å². The Morgan fingerprint density at radius 2 is 1.97 bits per heavy atom. The maximum Gasteiger partial charge on any atom is 0.224 e. The van der Waals surface area contributed by atoms with E-state index in [0.29, 0.717) is 12.8 Å². The van der Waals surface area contributed by atoms with Gasteiger partial charge in [0, 0.05) is 35.1 Å². The van der Waals surface area contributed by atoms with Crippen LogP contribution in [0.4, 0.5) is 5.69 Å². The van der Waals surface area contributed by atoms with Crippen molar-refractivity contribution in [3.05, 3.63) is 59.5 Å². The summed E-state index contributed by atoms with van der Waals surface area (Å²) < 4.78 is 1.94. The second-order valence-electron chi connectivity index (χ2n) is 7.64. The predicted octanol–water partition coefficient (Wildman–Crippen LogP) is 4.75. The first-order valence-corrected chi connectivity index (χ1v) is 9.92. The second-order valence-corrected chi connectivity index (χ2v) is 7.64. The fraction of sp³-hybridized carbons (Fsp3) is 0.304. The van der Waals surface area contributed by atoms with Crippen molar-refractivity contribution in [3.8, 4) is 0 Å². The molecular weight excluding hydrogens is 362 g/mol. The first-order chi connectivity index (χ1) is 14.0. The van der Waals surface area contributed by atoms with Crippen LogP contribution in [0.2, 0.25) is 0 Å². The molecule has 0 saturated carbocycles. The van der Waals surface area contributed by atoms with Crippen LogP contribution in [0.3, 0.4) is 0 Å². The minimum Gasteiger partial charge on any atom is -0.325 e. The minimum absolute atomic E-state index is 0.0156. The zero-order chi connectivity index (χ0) is 20.5. The van der Waals surface area contributed by atoms with E-state index in [1.165, 1.54) is 0 Å². The molecule has 148 valence electrons. The summed E-state index contributed by atoms with van der Waals surface area (Å²) in [7, 11) is 0. The third-order valence-electron chi connectivity index (χ3n) is 5.35. The van der Waals surface area contributed by atoms with Gasteiger partial charge in [-0.25, -0.2) is 9.67 Å². The molecule has 4 rings (SSSR count). The molecule has 6 nitrogen and oxygen atoms in total. The molecule has 0 radical (unpaired) electrons. The number of carbonyl (C=O) groups excluding carboxylic acids is 1. The zero-order valence-electron chi connectivity index (χ0n) is 17.2. The highest BCUT2D eigenvalue weighted by molar-refractivity contribution is 6.01. The topological polar surface area (TPSA) is 72.7 Å². The van der Waals surface area contributed by atoms with Crippen molar-refractivity contribution in [1.29, 1.82) is 0 Å². The predicted molar refractivity (Wildman–Crippen MR) is 116 cm³/mol. The van der Waals surface area contributed by atoms with E-state index in [-0.39, 0.29) is 11.9 Å². The van der Waals surface area contributed by atoms with E-state index >= 15 is 0 Å². The van der Waals surface area contributed by atoms with Gasteiger partial charge in [-0.2, -0.15) is 5.10 Å². The molecule has 1 amide bonds. The summed E-state index contributed by atoms with van der Waals surface area (Å²) in [6, 6.07) is 9.86. The molecule has 4 aromatic rings. The maximum atomic E-state index is 12.6. The van der Waals surface area contributed by atoms with E-state index in [1.54, 1.807) is 6.20 Å². The Hall–Kier alpha value is -3.28. The zero-order valence-corrected chi connectivity index (χ0v) is 17.2. The summed E-state index contributed by atoms with van der Waals surface area (Å²) in [5.41, 5.74) is 5.80. The lowest BCUT2D eigenvalue weighted by molar-refractivity contribution is -0.116. The maximum absolute atomic E-state index is 12.6. The molecule has 0 fully saturated rings. The summed E-state index contributed by atoms with van der Waals surface area (Å²) in [6.07, 6.45) is 4.67. The Labute approximate surface area is 170 Å². The number of rotatable bonds is 5. The number of amides is 1. The smallest absolute Gasteiger partial charge is 0.224 e. The molecule has 3 aromatic heterocycles. The largest absolute Gasteiger partial charge is 0.325 e. The minimum atomic E-state index is -0.0156. The van der Waals surface area contributed by atoms with Gasteiger partial charge in [-0.1, -0.05) is 6.07 Å². The van der Waals surface area contributed by atoms with Crippen LogP contribution < -0.4 is 5.32 Å². The Morgan fingerprint density at radius 1 is 1.14 bits per heavy atom. The van der Waals surface area contributed by atoms with E-state index in [2.05, 4.69) is 36.2 Å². The first-order valence-electron chi connectivity index (χ1n) is 9.92. The van der Waals surface area contributed by atoms with Gasteiger partial charge in [0.25, 0.3) is 0 Å². The summed E-state index contributed by atoms with van der Waals surface area (Å²) in [5.74, 6) is -0.0156. The van der Waals surface area contributed by atoms with E-state index in [9.17, 15) is 4.79 Å². The van der Waals surface area contributed by atoms with E-state index in [1.807, 2.05) is 48.1 Å². The van der Waals surface area contributed by atoms with Crippen LogP contribution in [-0.4, -0.2) is 25.7 Å². The van der Waals surface area contributed by atoms with Gasteiger partial charge in [0.1, 0.15) is 0 Å². The molecule has 1 N–H and O–H groups in total. The highest BCUT2D eigenvalue weighted by Gasteiger charge is 2.16. The van der Waals surface area contributed by atoms with Gasteiger partial charge in [0.05, 0.1) is 17.4 Å². The van der Waals surface area contributed by atoms with E-state index in [4.69, 9.17) is 4.98 Å². The quantitative estimate of drug-likeness (QED) is 0.536. The standard InChI is InChI=1S/C23H25N5O/c1-14(2)28-23-19(13-25-28)15(3)17(16(4)26-23)10-11-22(29)27-21-9-5-8-20-18(21)7-6-12-24-20/h5-9,12-14H,10-11H2,1-4H3,(H,27,29). The van der Waals surface area contributed by atoms with Gasteiger partial charge in [0.2, 0.25) is 5.91 Å². The lowest BCUT2D eigenvalue weighted by Gasteiger charge is -2.13. The van der Waals surface area contributed by atoms with Gasteiger partial charge in [0.15, 0.2) is 5.65 Å². The number of nitrogens with one attached hydrogen (secondary N) is 1. The fourth-order valence-electron chi connectivity index (χ4n) is 3.80. The lowest BCUT2D eigenvalue weighted by Crippen LogP contribution is -2.14. The molecule has 0 aliphatic heterocycles. The molecule has 3 heterocycles. The number of aromatic nitrogens is 4. The van der Waals surface area contributed by atoms with Crippen LogP contribution in [0.15, 0.2) is 42.7 Å². The summed E-state index contributed by atoms with van der Waals surface area (Å²) >= 11 is 0. The van der Waals surface area contributed by atoms with Crippen molar-refractivity contribution >= 4 is 33.5 Å². The van der Waals surface area contributed by atoms with Gasteiger partial charge >= 0.3 is 0 Å². The Bertz CT molecular complexity index is 1200. The van der Waals surface area contributed by atoms with Crippen molar-refractivity contribution in [2.24, 2.45) is 0 Å². The number of nitrogens with zero attached hydrogens (tertiary/aromatic N) is 4. The van der Waals surface area contributed by atoms with Crippen LogP contribution in [0.5, 0.6) is 0 Å². The van der Waals surface area contributed by atoms with Crippen molar-refractivity contribution in [3.63, 3.8) is 0 Å². The summed E-state index contributed by atoms with van der Waals surface area (Å²) in [6.45, 7) is 8.29. The molecule has 0 aliphatic rings. The number of benzene rings is 1. The molecule has 6 heteroatoms. The van der Waals surface area contributed by atoms with Crippen LogP contribution in [0.25, 0.3) is 21.9 Å². The van der Waals surface area contributed by atoms with E-state index in [0.717, 1.165) is 44.4 Å². The van der Waals surface area contributed by atoms with Crippen molar-refractivity contribution in [2.75, 3.05) is 5.32 Å². The number of hydrogen-bond donors (Lipinski definition) is 1. The molecule has 0 bridgehead atoms. The van der Waals surface area contributed by atoms with Crippen LogP contribution in [-0.2, 0) is 11.2 Å². The fourth-order valence-corrected chi connectivity index (χ4v) is 3.80.